The molecule has 0 saturated carbocycles. The normalized spacial score (nSPS) is 38.0. The van der Waals surface area contributed by atoms with Gasteiger partial charge in [-0.25, -0.2) is 0 Å². The van der Waals surface area contributed by atoms with Gasteiger partial charge in [0.15, 0.2) is 0 Å². The van der Waals surface area contributed by atoms with Crippen LogP contribution in [0.1, 0.15) is 26.2 Å². The van der Waals surface area contributed by atoms with E-state index in [0.717, 1.165) is 25.8 Å². The quantitative estimate of drug-likeness (QED) is 0.499. The topological polar surface area (TPSA) is 32.3 Å². The Bertz CT molecular complexity index is 75.0. The largest absolute Gasteiger partial charge is 0.393 e. The number of hydrogen-bond acceptors (Lipinski definition) is 2. The average Bonchev–Trinajstić information content (AvgIpc) is 1.93. The molecule has 0 spiro atoms. The van der Waals surface area contributed by atoms with Crippen LogP contribution in [0.2, 0.25) is 0 Å². The molecule has 2 heteroatoms. The number of nitrogens with one attached hydrogen (secondary N) is 1. The first-order chi connectivity index (χ1) is 4.29. The minimum atomic E-state index is -0.0602. The first-order valence-corrected chi connectivity index (χ1v) is 3.70. The summed E-state index contributed by atoms with van der Waals surface area (Å²) in [6.45, 7) is 3.19. The molecule has 54 valence electrons. The van der Waals surface area contributed by atoms with Crippen LogP contribution in [0.3, 0.4) is 0 Å². The summed E-state index contributed by atoms with van der Waals surface area (Å²) < 4.78 is 0. The van der Waals surface area contributed by atoms with Crippen molar-refractivity contribution in [3.8, 4) is 0 Å². The molecule has 2 atom stereocenters. The van der Waals surface area contributed by atoms with E-state index < -0.39 is 0 Å². The molecule has 1 rings (SSSR count). The molecule has 0 amide bonds. The highest BCUT2D eigenvalue weighted by molar-refractivity contribution is 4.71. The highest BCUT2D eigenvalue weighted by Crippen LogP contribution is 2.08. The maximum atomic E-state index is 9.22. The van der Waals surface area contributed by atoms with E-state index in [0.29, 0.717) is 6.04 Å². The Hall–Kier alpha value is -0.0800. The molecule has 1 fully saturated rings. The van der Waals surface area contributed by atoms with Crippen molar-refractivity contribution in [2.45, 2.75) is 38.3 Å². The Balaban J connectivity index is 2.29. The van der Waals surface area contributed by atoms with Gasteiger partial charge in [0, 0.05) is 6.04 Å². The zero-order valence-electron chi connectivity index (χ0n) is 5.93. The van der Waals surface area contributed by atoms with Crippen LogP contribution in [-0.2, 0) is 0 Å². The number of rotatable bonds is 0. The van der Waals surface area contributed by atoms with Crippen LogP contribution in [0.5, 0.6) is 0 Å². The molecule has 1 aliphatic heterocycles. The highest BCUT2D eigenvalue weighted by Gasteiger charge is 2.12. The first-order valence-electron chi connectivity index (χ1n) is 3.70. The molecule has 0 radical (unpaired) electrons. The number of aliphatic hydroxyl groups is 1. The van der Waals surface area contributed by atoms with Crippen LogP contribution in [0.15, 0.2) is 0 Å². The number of aliphatic hydroxyl groups excluding tert-OH is 1. The standard InChI is InChI=1S/C7H15NO/c1-6-5-7(9)3-2-4-8-6/h6-9H,2-5H2,1H3/t6-,7?/m0/s1. The Morgan fingerprint density at radius 3 is 3.11 bits per heavy atom. The number of hydrogen-bond donors (Lipinski definition) is 2. The molecule has 2 N–H and O–H groups in total. The van der Waals surface area contributed by atoms with Gasteiger partial charge in [-0.3, -0.25) is 0 Å². The summed E-state index contributed by atoms with van der Waals surface area (Å²) in [4.78, 5) is 0. The van der Waals surface area contributed by atoms with Gasteiger partial charge in [0.1, 0.15) is 0 Å². The lowest BCUT2D eigenvalue weighted by Gasteiger charge is -2.10. The van der Waals surface area contributed by atoms with Crippen LogP contribution in [-0.4, -0.2) is 23.8 Å². The summed E-state index contributed by atoms with van der Waals surface area (Å²) >= 11 is 0. The summed E-state index contributed by atoms with van der Waals surface area (Å²) in [6, 6.07) is 0.502. The first kappa shape index (κ1) is 7.03. The Labute approximate surface area is 56.3 Å². The lowest BCUT2D eigenvalue weighted by atomic mass is 10.1. The zero-order valence-corrected chi connectivity index (χ0v) is 5.93. The highest BCUT2D eigenvalue weighted by atomic mass is 16.3. The van der Waals surface area contributed by atoms with Crippen molar-refractivity contribution in [1.82, 2.24) is 5.32 Å². The van der Waals surface area contributed by atoms with Crippen LogP contribution in [0.4, 0.5) is 0 Å². The fraction of sp³-hybridized carbons (Fsp3) is 1.00. The van der Waals surface area contributed by atoms with E-state index in [1.807, 2.05) is 0 Å². The van der Waals surface area contributed by atoms with Crippen molar-refractivity contribution >= 4 is 0 Å². The van der Waals surface area contributed by atoms with E-state index in [1.54, 1.807) is 0 Å². The second-order valence-electron chi connectivity index (χ2n) is 2.89. The monoisotopic (exact) mass is 129 g/mol. The summed E-state index contributed by atoms with van der Waals surface area (Å²) in [5.41, 5.74) is 0. The van der Waals surface area contributed by atoms with Gasteiger partial charge in [-0.1, -0.05) is 0 Å². The van der Waals surface area contributed by atoms with Gasteiger partial charge in [0.05, 0.1) is 6.10 Å². The van der Waals surface area contributed by atoms with Gasteiger partial charge in [-0.05, 0) is 32.7 Å². The van der Waals surface area contributed by atoms with Crippen molar-refractivity contribution in [2.75, 3.05) is 6.54 Å². The van der Waals surface area contributed by atoms with Crippen molar-refractivity contribution in [3.05, 3.63) is 0 Å². The van der Waals surface area contributed by atoms with Crippen LogP contribution < -0.4 is 5.32 Å². The smallest absolute Gasteiger partial charge is 0.0555 e. The Kier molecular flexibility index (Phi) is 2.49. The molecule has 9 heavy (non-hydrogen) atoms. The van der Waals surface area contributed by atoms with Crippen LogP contribution in [0.25, 0.3) is 0 Å². The molecule has 1 saturated heterocycles. The molecule has 1 aliphatic rings. The fourth-order valence-corrected chi connectivity index (χ4v) is 1.30. The van der Waals surface area contributed by atoms with E-state index in [9.17, 15) is 5.11 Å². The minimum Gasteiger partial charge on any atom is -0.393 e. The molecule has 0 aromatic rings. The summed E-state index contributed by atoms with van der Waals surface area (Å²) in [6.07, 6.45) is 2.94. The van der Waals surface area contributed by atoms with Gasteiger partial charge in [-0.15, -0.1) is 0 Å². The third kappa shape index (κ3) is 2.33. The molecule has 0 bridgehead atoms. The summed E-state index contributed by atoms with van der Waals surface area (Å²) in [7, 11) is 0. The third-order valence-electron chi connectivity index (χ3n) is 1.83. The van der Waals surface area contributed by atoms with Crippen molar-refractivity contribution in [1.29, 1.82) is 0 Å². The van der Waals surface area contributed by atoms with Crippen molar-refractivity contribution < 1.29 is 5.11 Å². The molecule has 0 aromatic heterocycles. The summed E-state index contributed by atoms with van der Waals surface area (Å²) in [5.74, 6) is 0. The Morgan fingerprint density at radius 2 is 2.33 bits per heavy atom. The van der Waals surface area contributed by atoms with Gasteiger partial charge < -0.3 is 10.4 Å². The Morgan fingerprint density at radius 1 is 1.56 bits per heavy atom. The van der Waals surface area contributed by atoms with Gasteiger partial charge in [0.2, 0.25) is 0 Å². The molecular formula is C7H15NO. The maximum absolute atomic E-state index is 9.22. The SMILES string of the molecule is C[C@H]1CC(O)CCCN1. The molecule has 1 heterocycles. The zero-order chi connectivity index (χ0) is 6.69. The van der Waals surface area contributed by atoms with Gasteiger partial charge in [-0.2, -0.15) is 0 Å². The van der Waals surface area contributed by atoms with Crippen LogP contribution in [0, 0.1) is 0 Å². The summed E-state index contributed by atoms with van der Waals surface area (Å²) in [5, 5.41) is 12.5. The lowest BCUT2D eigenvalue weighted by molar-refractivity contribution is 0.152. The van der Waals surface area contributed by atoms with E-state index in [1.165, 1.54) is 0 Å². The second-order valence-corrected chi connectivity index (χ2v) is 2.89. The van der Waals surface area contributed by atoms with E-state index in [2.05, 4.69) is 12.2 Å². The average molecular weight is 129 g/mol. The predicted molar refractivity (Wildman–Crippen MR) is 37.3 cm³/mol. The van der Waals surface area contributed by atoms with Gasteiger partial charge in [0.25, 0.3) is 0 Å². The lowest BCUT2D eigenvalue weighted by Crippen LogP contribution is -2.26. The van der Waals surface area contributed by atoms with E-state index in [-0.39, 0.29) is 6.10 Å². The van der Waals surface area contributed by atoms with E-state index in [4.69, 9.17) is 0 Å². The third-order valence-corrected chi connectivity index (χ3v) is 1.83. The van der Waals surface area contributed by atoms with Crippen LogP contribution >= 0.6 is 0 Å². The van der Waals surface area contributed by atoms with Gasteiger partial charge >= 0.3 is 0 Å². The molecule has 0 aliphatic carbocycles. The van der Waals surface area contributed by atoms with E-state index >= 15 is 0 Å². The fourth-order valence-electron chi connectivity index (χ4n) is 1.30. The second kappa shape index (κ2) is 3.18. The molecule has 0 aromatic carbocycles. The predicted octanol–water partition coefficient (Wildman–Crippen LogP) is 0.509. The van der Waals surface area contributed by atoms with Crippen molar-refractivity contribution in [3.63, 3.8) is 0 Å². The molecule has 2 nitrogen and oxygen atoms in total. The maximum Gasteiger partial charge on any atom is 0.0555 e. The molecule has 1 unspecified atom stereocenters. The van der Waals surface area contributed by atoms with Crippen molar-refractivity contribution in [2.24, 2.45) is 0 Å². The molecular weight excluding hydrogens is 114 g/mol. The minimum absolute atomic E-state index is 0.0602.